The second-order valence-corrected chi connectivity index (χ2v) is 11.9. The standard InChI is InChI=1S/2C13H13.2ClH.Ti/c2*1-3-7-12-10(5-1)9-11-6-2-4-8-13(11)12;;;/h2*1,3,5,7,9H,2,4,6,8H2;2*1H;/q;;;;+2/p-2. The number of hydrogen-bond acceptors (Lipinski definition) is 0. The molecule has 29 heavy (non-hydrogen) atoms. The van der Waals surface area contributed by atoms with Crippen LogP contribution >= 0.6 is 0 Å². The Morgan fingerprint density at radius 2 is 1.03 bits per heavy atom. The summed E-state index contributed by atoms with van der Waals surface area (Å²) in [4.78, 5) is 0. The van der Waals surface area contributed by atoms with Crippen LogP contribution in [0.4, 0.5) is 0 Å². The minimum absolute atomic E-state index is 0. The Morgan fingerprint density at radius 3 is 1.52 bits per heavy atom. The van der Waals surface area contributed by atoms with E-state index in [-0.39, 0.29) is 44.0 Å². The zero-order chi connectivity index (χ0) is 17.9. The van der Waals surface area contributed by atoms with Gasteiger partial charge in [0.15, 0.2) is 0 Å². The van der Waals surface area contributed by atoms with Crippen molar-refractivity contribution in [2.45, 2.75) is 58.8 Å². The molecule has 0 nitrogen and oxygen atoms in total. The molecule has 2 fully saturated rings. The Morgan fingerprint density at radius 1 is 0.586 bits per heavy atom. The van der Waals surface area contributed by atoms with Crippen molar-refractivity contribution in [2.75, 3.05) is 0 Å². The van der Waals surface area contributed by atoms with Gasteiger partial charge in [-0.1, -0.05) is 0 Å². The van der Waals surface area contributed by atoms with Crippen molar-refractivity contribution in [3.8, 4) is 0 Å². The second-order valence-electron chi connectivity index (χ2n) is 8.86. The molecule has 0 bridgehead atoms. The zero-order valence-corrected chi connectivity index (χ0v) is 19.8. The SMILES string of the molecule is C1=C2CCCC[C]2([Ti+2][C]23CCCCC2=Cc2ccccc23)c2ccccc21.[Cl-].[Cl-]. The van der Waals surface area contributed by atoms with E-state index in [0.29, 0.717) is 7.44 Å². The molecule has 2 aromatic rings. The number of halogens is 2. The molecular weight excluding hydrogens is 431 g/mol. The van der Waals surface area contributed by atoms with Crippen LogP contribution in [0.5, 0.6) is 0 Å². The summed E-state index contributed by atoms with van der Waals surface area (Å²) in [6.45, 7) is 0. The minimum atomic E-state index is -0.246. The normalized spacial score (nSPS) is 28.3. The van der Waals surface area contributed by atoms with Crippen LogP contribution in [0.2, 0.25) is 0 Å². The summed E-state index contributed by atoms with van der Waals surface area (Å²) in [5, 5.41) is 0. The topological polar surface area (TPSA) is 0 Å². The van der Waals surface area contributed by atoms with Crippen molar-refractivity contribution in [3.05, 3.63) is 81.9 Å². The van der Waals surface area contributed by atoms with Crippen molar-refractivity contribution in [1.82, 2.24) is 0 Å². The first-order valence-electron chi connectivity index (χ1n) is 10.7. The molecule has 6 rings (SSSR count). The van der Waals surface area contributed by atoms with E-state index in [0.717, 1.165) is 0 Å². The number of rotatable bonds is 2. The van der Waals surface area contributed by atoms with Gasteiger partial charge in [0, 0.05) is 0 Å². The number of allylic oxidation sites excluding steroid dienone is 2. The van der Waals surface area contributed by atoms with Crippen molar-refractivity contribution < 1.29 is 44.0 Å². The molecule has 4 aliphatic rings. The van der Waals surface area contributed by atoms with Crippen LogP contribution in [0.3, 0.4) is 0 Å². The van der Waals surface area contributed by atoms with Gasteiger partial charge in [-0.25, -0.2) is 0 Å². The third-order valence-electron chi connectivity index (χ3n) is 7.52. The maximum Gasteiger partial charge on any atom is -1.00 e. The summed E-state index contributed by atoms with van der Waals surface area (Å²) in [5.74, 6) is 0. The average Bonchev–Trinajstić information content (AvgIpc) is 3.21. The van der Waals surface area contributed by atoms with E-state index in [1.54, 1.807) is 22.3 Å². The maximum atomic E-state index is 2.59. The maximum absolute atomic E-state index is 2.59. The Balaban J connectivity index is 0.00000102. The Kier molecular flexibility index (Phi) is 5.95. The van der Waals surface area contributed by atoms with Crippen LogP contribution in [-0.4, -0.2) is 0 Å². The van der Waals surface area contributed by atoms with Crippen molar-refractivity contribution in [3.63, 3.8) is 0 Å². The summed E-state index contributed by atoms with van der Waals surface area (Å²) in [6.07, 6.45) is 16.2. The van der Waals surface area contributed by atoms with E-state index in [2.05, 4.69) is 60.7 Å². The van der Waals surface area contributed by atoms with E-state index < -0.39 is 0 Å². The first kappa shape index (κ1) is 21.4. The summed E-state index contributed by atoms with van der Waals surface area (Å²) >= 11 is -0.246. The van der Waals surface area contributed by atoms with Gasteiger partial charge in [0.2, 0.25) is 0 Å². The third-order valence-corrected chi connectivity index (χ3v) is 11.5. The quantitative estimate of drug-likeness (QED) is 0.586. The summed E-state index contributed by atoms with van der Waals surface area (Å²) in [6, 6.07) is 18.7. The van der Waals surface area contributed by atoms with Gasteiger partial charge >= 0.3 is 172 Å². The molecule has 2 aromatic carbocycles. The summed E-state index contributed by atoms with van der Waals surface area (Å²) in [5.41, 5.74) is 10.0. The first-order valence-corrected chi connectivity index (χ1v) is 12.3. The molecule has 148 valence electrons. The van der Waals surface area contributed by atoms with Crippen LogP contribution < -0.4 is 24.8 Å². The van der Waals surface area contributed by atoms with Crippen molar-refractivity contribution >= 4 is 12.2 Å². The molecule has 4 aliphatic carbocycles. The molecule has 0 saturated heterocycles. The fourth-order valence-corrected chi connectivity index (χ4v) is 10.7. The monoisotopic (exact) mass is 456 g/mol. The molecule has 0 N–H and O–H groups in total. The first-order chi connectivity index (χ1) is 13.3. The van der Waals surface area contributed by atoms with Crippen molar-refractivity contribution in [1.29, 1.82) is 0 Å². The Labute approximate surface area is 196 Å². The predicted molar refractivity (Wildman–Crippen MR) is 109 cm³/mol. The van der Waals surface area contributed by atoms with Crippen LogP contribution in [0.1, 0.15) is 73.6 Å². The van der Waals surface area contributed by atoms with E-state index >= 15 is 0 Å². The molecule has 2 unspecified atom stereocenters. The molecule has 3 heteroatoms. The van der Waals surface area contributed by atoms with Gasteiger partial charge < -0.3 is 24.8 Å². The van der Waals surface area contributed by atoms with Gasteiger partial charge in [-0.05, 0) is 0 Å². The molecule has 0 aliphatic heterocycles. The Hall–Kier alpha value is -0.786. The molecule has 0 aromatic heterocycles. The van der Waals surface area contributed by atoms with Gasteiger partial charge in [0.1, 0.15) is 0 Å². The third kappa shape index (κ3) is 3.06. The smallest absolute Gasteiger partial charge is 1.00 e. The number of hydrogen-bond donors (Lipinski definition) is 0. The van der Waals surface area contributed by atoms with E-state index in [4.69, 9.17) is 0 Å². The van der Waals surface area contributed by atoms with E-state index in [9.17, 15) is 0 Å². The van der Waals surface area contributed by atoms with E-state index in [1.807, 2.05) is 0 Å². The van der Waals surface area contributed by atoms with Gasteiger partial charge in [0.25, 0.3) is 0 Å². The number of fused-ring (bicyclic) bond motifs is 6. The molecule has 0 radical (unpaired) electrons. The summed E-state index contributed by atoms with van der Waals surface area (Å²) in [7, 11) is 0. The van der Waals surface area contributed by atoms with Crippen molar-refractivity contribution in [2.24, 2.45) is 0 Å². The summed E-state index contributed by atoms with van der Waals surface area (Å²) < 4.78 is 0.811. The van der Waals surface area contributed by atoms with Gasteiger partial charge in [0.05, 0.1) is 0 Å². The van der Waals surface area contributed by atoms with Crippen LogP contribution in [-0.2, 0) is 26.6 Å². The molecule has 0 spiro atoms. The molecule has 2 atom stereocenters. The average molecular weight is 457 g/mol. The van der Waals surface area contributed by atoms with Gasteiger partial charge in [-0.3, -0.25) is 0 Å². The van der Waals surface area contributed by atoms with Gasteiger partial charge in [-0.2, -0.15) is 0 Å². The molecular formula is C26H26Cl2Ti. The Bertz CT molecular complexity index is 912. The molecule has 2 saturated carbocycles. The van der Waals surface area contributed by atoms with Crippen LogP contribution in [0.25, 0.3) is 12.2 Å². The molecule has 0 amide bonds. The van der Waals surface area contributed by atoms with E-state index in [1.165, 1.54) is 62.5 Å². The fraction of sp³-hybridized carbons (Fsp3) is 0.385. The zero-order valence-electron chi connectivity index (χ0n) is 16.7. The largest absolute Gasteiger partial charge is 1.00 e. The van der Waals surface area contributed by atoms with Gasteiger partial charge in [-0.15, -0.1) is 0 Å². The minimum Gasteiger partial charge on any atom is -1.00 e. The second kappa shape index (κ2) is 8.04. The predicted octanol–water partition coefficient (Wildman–Crippen LogP) is 0.810. The fourth-order valence-electron chi connectivity index (χ4n) is 6.35. The van der Waals surface area contributed by atoms with Crippen LogP contribution in [0.15, 0.2) is 59.7 Å². The van der Waals surface area contributed by atoms with Crippen LogP contribution in [0, 0.1) is 0 Å². The molecule has 0 heterocycles. The number of benzene rings is 2.